The molecule has 0 amide bonds. The van der Waals surface area contributed by atoms with E-state index in [4.69, 9.17) is 4.74 Å². The molecule has 10 heteroatoms. The van der Waals surface area contributed by atoms with Gasteiger partial charge in [0, 0.05) is 11.9 Å². The summed E-state index contributed by atoms with van der Waals surface area (Å²) in [6.07, 6.45) is 1.72. The van der Waals surface area contributed by atoms with Crippen molar-refractivity contribution >= 4 is 17.6 Å². The van der Waals surface area contributed by atoms with E-state index in [0.717, 1.165) is 55.3 Å². The van der Waals surface area contributed by atoms with E-state index in [2.05, 4.69) is 25.7 Å². The fraction of sp³-hybridized carbons (Fsp3) is 0.526. The highest BCUT2D eigenvalue weighted by atomic mass is 19.4. The van der Waals surface area contributed by atoms with Crippen LogP contribution >= 0.6 is 0 Å². The largest absolute Gasteiger partial charge is 0.483 e. The van der Waals surface area contributed by atoms with Crippen molar-refractivity contribution in [3.63, 3.8) is 0 Å². The Morgan fingerprint density at radius 2 is 2.00 bits per heavy atom. The zero-order valence-corrected chi connectivity index (χ0v) is 15.9. The summed E-state index contributed by atoms with van der Waals surface area (Å²) in [6.45, 7) is 2.18. The molecule has 2 aliphatic carbocycles. The second-order valence-corrected chi connectivity index (χ2v) is 7.72. The molecule has 2 N–H and O–H groups in total. The number of halogens is 3. The van der Waals surface area contributed by atoms with Crippen molar-refractivity contribution in [3.05, 3.63) is 28.7 Å². The van der Waals surface area contributed by atoms with Crippen LogP contribution in [0.2, 0.25) is 0 Å². The standard InChI is InChI=1S/C19H21F3N6O/c1-10-15-17(28(27-10)12-5-3-6-12)26-18-23-8-13(19(20,21)22)16(25-18)24-14-7-2-4-11(14)9-29-15/h8,12H,2-7,9H2,1H3,(H2,23,24,25,26). The third kappa shape index (κ3) is 3.20. The molecule has 3 heterocycles. The predicted molar refractivity (Wildman–Crippen MR) is 100 cm³/mol. The van der Waals surface area contributed by atoms with E-state index in [0.29, 0.717) is 24.6 Å². The number of allylic oxidation sites excluding steroid dienone is 1. The molecule has 2 aromatic heterocycles. The summed E-state index contributed by atoms with van der Waals surface area (Å²) in [4.78, 5) is 8.09. The van der Waals surface area contributed by atoms with E-state index < -0.39 is 11.7 Å². The molecule has 2 bridgehead atoms. The summed E-state index contributed by atoms with van der Waals surface area (Å²) in [5.41, 5.74) is 1.55. The second kappa shape index (κ2) is 6.64. The highest BCUT2D eigenvalue weighted by Crippen LogP contribution is 2.42. The Hall–Kier alpha value is -2.78. The molecule has 0 spiro atoms. The molecule has 0 aromatic carbocycles. The van der Waals surface area contributed by atoms with Crippen molar-refractivity contribution in [1.29, 1.82) is 0 Å². The van der Waals surface area contributed by atoms with Crippen LogP contribution in [0.25, 0.3) is 0 Å². The number of nitrogens with zero attached hydrogens (tertiary/aromatic N) is 4. The van der Waals surface area contributed by atoms with Gasteiger partial charge in [0.1, 0.15) is 23.7 Å². The van der Waals surface area contributed by atoms with Crippen LogP contribution in [0.3, 0.4) is 0 Å². The van der Waals surface area contributed by atoms with Crippen molar-refractivity contribution in [2.24, 2.45) is 0 Å². The molecule has 3 aliphatic rings. The van der Waals surface area contributed by atoms with E-state index in [9.17, 15) is 13.2 Å². The molecule has 154 valence electrons. The Morgan fingerprint density at radius 1 is 1.17 bits per heavy atom. The van der Waals surface area contributed by atoms with Crippen LogP contribution in [0.15, 0.2) is 17.5 Å². The Labute approximate surface area is 165 Å². The molecular weight excluding hydrogens is 385 g/mol. The third-order valence-electron chi connectivity index (χ3n) is 5.77. The first kappa shape index (κ1) is 18.3. The minimum absolute atomic E-state index is 0.0767. The maximum atomic E-state index is 13.5. The Balaban J connectivity index is 1.65. The van der Waals surface area contributed by atoms with Gasteiger partial charge in [0.25, 0.3) is 0 Å². The first-order valence-corrected chi connectivity index (χ1v) is 9.81. The molecule has 1 saturated carbocycles. The molecule has 5 rings (SSSR count). The minimum atomic E-state index is -4.55. The van der Waals surface area contributed by atoms with Crippen molar-refractivity contribution in [2.75, 3.05) is 17.2 Å². The summed E-state index contributed by atoms with van der Waals surface area (Å²) in [5, 5.41) is 10.6. The van der Waals surface area contributed by atoms with E-state index in [1.807, 2.05) is 11.6 Å². The SMILES string of the molecule is Cc1nn(C2CCC2)c2c1OCC1=C(CCC1)Nc1nc(ncc1C(F)(F)F)N2. The lowest BCUT2D eigenvalue weighted by molar-refractivity contribution is -0.137. The number of ether oxygens (including phenoxy) is 1. The molecule has 29 heavy (non-hydrogen) atoms. The number of rotatable bonds is 1. The van der Waals surface area contributed by atoms with E-state index >= 15 is 0 Å². The maximum Gasteiger partial charge on any atom is 0.421 e. The Kier molecular flexibility index (Phi) is 4.18. The fourth-order valence-electron chi connectivity index (χ4n) is 3.98. The minimum Gasteiger partial charge on any atom is -0.483 e. The predicted octanol–water partition coefficient (Wildman–Crippen LogP) is 4.71. The van der Waals surface area contributed by atoms with Gasteiger partial charge >= 0.3 is 6.18 Å². The van der Waals surface area contributed by atoms with Crippen LogP contribution in [0.1, 0.15) is 55.8 Å². The van der Waals surface area contributed by atoms with Crippen LogP contribution in [0.4, 0.5) is 30.8 Å². The third-order valence-corrected chi connectivity index (χ3v) is 5.77. The number of aryl methyl sites for hydroxylation is 1. The number of aromatic nitrogens is 4. The van der Waals surface area contributed by atoms with E-state index in [1.165, 1.54) is 0 Å². The molecule has 0 radical (unpaired) electrons. The van der Waals surface area contributed by atoms with Crippen molar-refractivity contribution in [3.8, 4) is 5.75 Å². The van der Waals surface area contributed by atoms with Gasteiger partial charge in [0.05, 0.1) is 6.04 Å². The number of hydrogen-bond donors (Lipinski definition) is 2. The van der Waals surface area contributed by atoms with Crippen LogP contribution in [0.5, 0.6) is 5.75 Å². The number of nitrogens with one attached hydrogen (secondary N) is 2. The summed E-state index contributed by atoms with van der Waals surface area (Å²) < 4.78 is 48.5. The Bertz CT molecular complexity index is 993. The number of fused-ring (bicyclic) bond motifs is 3. The van der Waals surface area contributed by atoms with Crippen molar-refractivity contribution < 1.29 is 17.9 Å². The van der Waals surface area contributed by atoms with Gasteiger partial charge in [-0.25, -0.2) is 9.67 Å². The zero-order chi connectivity index (χ0) is 20.2. The zero-order valence-electron chi connectivity index (χ0n) is 15.9. The highest BCUT2D eigenvalue weighted by molar-refractivity contribution is 5.63. The van der Waals surface area contributed by atoms with Crippen LogP contribution in [0, 0.1) is 6.92 Å². The molecule has 1 aliphatic heterocycles. The molecule has 1 fully saturated rings. The molecular formula is C19H21F3N6O. The Morgan fingerprint density at radius 3 is 2.72 bits per heavy atom. The van der Waals surface area contributed by atoms with E-state index in [1.54, 1.807) is 0 Å². The van der Waals surface area contributed by atoms with Gasteiger partial charge in [-0.2, -0.15) is 23.3 Å². The highest BCUT2D eigenvalue weighted by Gasteiger charge is 2.36. The van der Waals surface area contributed by atoms with Gasteiger partial charge in [-0.05, 0) is 51.0 Å². The normalized spacial score (nSPS) is 19.3. The number of anilines is 3. The summed E-state index contributed by atoms with van der Waals surface area (Å²) in [7, 11) is 0. The fourth-order valence-corrected chi connectivity index (χ4v) is 3.98. The topological polar surface area (TPSA) is 76.9 Å². The van der Waals surface area contributed by atoms with Gasteiger partial charge in [-0.3, -0.25) is 0 Å². The molecule has 0 saturated heterocycles. The van der Waals surface area contributed by atoms with Gasteiger partial charge in [0.2, 0.25) is 5.95 Å². The quantitative estimate of drug-likeness (QED) is 0.714. The lowest BCUT2D eigenvalue weighted by atomic mass is 9.93. The molecule has 0 atom stereocenters. The van der Waals surface area contributed by atoms with Crippen LogP contribution in [-0.2, 0) is 6.18 Å². The average Bonchev–Trinajstić information content (AvgIpc) is 3.15. The first-order valence-electron chi connectivity index (χ1n) is 9.81. The maximum absolute atomic E-state index is 13.5. The summed E-state index contributed by atoms with van der Waals surface area (Å²) >= 11 is 0. The first-order chi connectivity index (χ1) is 13.9. The van der Waals surface area contributed by atoms with E-state index in [-0.39, 0.29) is 17.8 Å². The van der Waals surface area contributed by atoms with Gasteiger partial charge in [0.15, 0.2) is 11.6 Å². The monoisotopic (exact) mass is 406 g/mol. The van der Waals surface area contributed by atoms with Gasteiger partial charge in [-0.1, -0.05) is 0 Å². The van der Waals surface area contributed by atoms with Crippen LogP contribution < -0.4 is 15.4 Å². The van der Waals surface area contributed by atoms with Crippen molar-refractivity contribution in [2.45, 2.75) is 57.7 Å². The average molecular weight is 406 g/mol. The number of alkyl halides is 3. The van der Waals surface area contributed by atoms with Gasteiger partial charge in [-0.15, -0.1) is 0 Å². The smallest absolute Gasteiger partial charge is 0.421 e. The lowest BCUT2D eigenvalue weighted by Crippen LogP contribution is -2.20. The molecule has 0 unspecified atom stereocenters. The number of hydrogen-bond acceptors (Lipinski definition) is 6. The second-order valence-electron chi connectivity index (χ2n) is 7.72. The molecule has 2 aromatic rings. The van der Waals surface area contributed by atoms with Crippen molar-refractivity contribution in [1.82, 2.24) is 19.7 Å². The van der Waals surface area contributed by atoms with Gasteiger partial charge < -0.3 is 15.4 Å². The summed E-state index contributed by atoms with van der Waals surface area (Å²) in [5.74, 6) is 1.04. The molecule has 7 nitrogen and oxygen atoms in total. The van der Waals surface area contributed by atoms with Crippen LogP contribution in [-0.4, -0.2) is 26.4 Å². The summed E-state index contributed by atoms with van der Waals surface area (Å²) in [6, 6.07) is 0.243. The lowest BCUT2D eigenvalue weighted by Gasteiger charge is -2.27.